The van der Waals surface area contributed by atoms with Gasteiger partial charge >= 0.3 is 0 Å². The molecule has 0 aliphatic carbocycles. The number of ether oxygens (including phenoxy) is 1. The third-order valence-electron chi connectivity index (χ3n) is 2.57. The summed E-state index contributed by atoms with van der Waals surface area (Å²) in [5, 5.41) is 11.8. The average molecular weight is 282 g/mol. The number of nitrogens with zero attached hydrogens (tertiary/aromatic N) is 1. The molecule has 1 rings (SSSR count). The predicted octanol–water partition coefficient (Wildman–Crippen LogP) is 1.80. The van der Waals surface area contributed by atoms with E-state index >= 15 is 0 Å². The minimum absolute atomic E-state index is 0.0873. The first-order valence-corrected chi connectivity index (χ1v) is 7.87. The molecule has 0 aromatic heterocycles. The maximum atomic E-state index is 11.6. The Morgan fingerprint density at radius 3 is 2.68 bits per heavy atom. The molecule has 6 heteroatoms. The highest BCUT2D eigenvalue weighted by Gasteiger charge is 2.10. The summed E-state index contributed by atoms with van der Waals surface area (Å²) in [5.41, 5.74) is 1.19. The lowest BCUT2D eigenvalue weighted by Crippen LogP contribution is -2.18. The first-order chi connectivity index (χ1) is 9.02. The van der Waals surface area contributed by atoms with Crippen molar-refractivity contribution in [1.29, 1.82) is 5.26 Å². The standard InChI is InChI=1S/C13H18N2O3S/c1-3-7-19(16,17)8-6-15-12-5-4-11(10-14)9-13(12)18-2/h4-5,9,15H,3,6-8H2,1-2H3. The molecule has 0 radical (unpaired) electrons. The summed E-state index contributed by atoms with van der Waals surface area (Å²) in [5.74, 6) is 0.829. The number of rotatable bonds is 7. The Bertz CT molecular complexity index is 562. The van der Waals surface area contributed by atoms with E-state index in [4.69, 9.17) is 10.00 Å². The van der Waals surface area contributed by atoms with Crippen molar-refractivity contribution in [3.63, 3.8) is 0 Å². The van der Waals surface area contributed by atoms with Gasteiger partial charge in [0.25, 0.3) is 0 Å². The topological polar surface area (TPSA) is 79.2 Å². The van der Waals surface area contributed by atoms with Crippen molar-refractivity contribution in [2.24, 2.45) is 0 Å². The van der Waals surface area contributed by atoms with Crippen LogP contribution in [0.15, 0.2) is 18.2 Å². The lowest BCUT2D eigenvalue weighted by atomic mass is 10.2. The minimum Gasteiger partial charge on any atom is -0.495 e. The summed E-state index contributed by atoms with van der Waals surface area (Å²) in [6.45, 7) is 2.17. The fraction of sp³-hybridized carbons (Fsp3) is 0.462. The van der Waals surface area contributed by atoms with Gasteiger partial charge in [0.1, 0.15) is 5.75 Å². The van der Waals surface area contributed by atoms with Crippen molar-refractivity contribution in [2.75, 3.05) is 30.5 Å². The van der Waals surface area contributed by atoms with Gasteiger partial charge in [-0.2, -0.15) is 5.26 Å². The van der Waals surface area contributed by atoms with Gasteiger partial charge in [0.15, 0.2) is 9.84 Å². The molecule has 0 atom stereocenters. The molecule has 0 amide bonds. The molecule has 0 spiro atoms. The van der Waals surface area contributed by atoms with Gasteiger partial charge in [0.2, 0.25) is 0 Å². The summed E-state index contributed by atoms with van der Waals surface area (Å²) < 4.78 is 28.3. The van der Waals surface area contributed by atoms with Gasteiger partial charge in [0.05, 0.1) is 30.2 Å². The van der Waals surface area contributed by atoms with Crippen molar-refractivity contribution in [3.8, 4) is 11.8 Å². The fourth-order valence-corrected chi connectivity index (χ4v) is 2.90. The van der Waals surface area contributed by atoms with E-state index in [0.29, 0.717) is 30.0 Å². The van der Waals surface area contributed by atoms with E-state index in [0.717, 1.165) is 0 Å². The molecule has 1 aromatic rings. The molecule has 19 heavy (non-hydrogen) atoms. The van der Waals surface area contributed by atoms with E-state index in [1.807, 2.05) is 13.0 Å². The van der Waals surface area contributed by atoms with E-state index in [-0.39, 0.29) is 11.5 Å². The average Bonchev–Trinajstić information content (AvgIpc) is 2.38. The first kappa shape index (κ1) is 15.3. The van der Waals surface area contributed by atoms with Crippen LogP contribution in [-0.4, -0.2) is 33.6 Å². The number of hydrogen-bond acceptors (Lipinski definition) is 5. The van der Waals surface area contributed by atoms with Gasteiger partial charge in [-0.15, -0.1) is 0 Å². The van der Waals surface area contributed by atoms with Crippen LogP contribution in [0, 0.1) is 11.3 Å². The van der Waals surface area contributed by atoms with Crippen LogP contribution in [0.4, 0.5) is 5.69 Å². The quantitative estimate of drug-likeness (QED) is 0.825. The Morgan fingerprint density at radius 1 is 1.37 bits per heavy atom. The zero-order valence-corrected chi connectivity index (χ0v) is 12.0. The summed E-state index contributed by atoms with van der Waals surface area (Å²) in [7, 11) is -1.48. The van der Waals surface area contributed by atoms with Gasteiger partial charge in [0, 0.05) is 18.4 Å². The van der Waals surface area contributed by atoms with E-state index in [9.17, 15) is 8.42 Å². The van der Waals surface area contributed by atoms with Crippen LogP contribution in [0.25, 0.3) is 0 Å². The number of nitrogens with one attached hydrogen (secondary N) is 1. The molecule has 1 N–H and O–H groups in total. The molecule has 0 saturated carbocycles. The second kappa shape index (κ2) is 7.00. The highest BCUT2D eigenvalue weighted by molar-refractivity contribution is 7.91. The van der Waals surface area contributed by atoms with Crippen LogP contribution in [0.2, 0.25) is 0 Å². The molecule has 0 aliphatic rings. The Kier molecular flexibility index (Phi) is 5.64. The minimum atomic E-state index is -2.99. The molecule has 0 saturated heterocycles. The summed E-state index contributed by atoms with van der Waals surface area (Å²) >= 11 is 0. The maximum absolute atomic E-state index is 11.6. The second-order valence-electron chi connectivity index (χ2n) is 4.11. The van der Waals surface area contributed by atoms with Crippen molar-refractivity contribution in [2.45, 2.75) is 13.3 Å². The van der Waals surface area contributed by atoms with Crippen molar-refractivity contribution in [3.05, 3.63) is 23.8 Å². The molecule has 0 bridgehead atoms. The number of hydrogen-bond donors (Lipinski definition) is 1. The van der Waals surface area contributed by atoms with Gasteiger partial charge < -0.3 is 10.1 Å². The molecule has 104 valence electrons. The van der Waals surface area contributed by atoms with E-state index < -0.39 is 9.84 Å². The highest BCUT2D eigenvalue weighted by Crippen LogP contribution is 2.25. The number of anilines is 1. The van der Waals surface area contributed by atoms with Crippen LogP contribution in [0.1, 0.15) is 18.9 Å². The third kappa shape index (κ3) is 4.79. The molecule has 0 aliphatic heterocycles. The zero-order valence-electron chi connectivity index (χ0n) is 11.1. The Labute approximate surface area is 114 Å². The van der Waals surface area contributed by atoms with Gasteiger partial charge in [-0.05, 0) is 18.6 Å². The smallest absolute Gasteiger partial charge is 0.152 e. The third-order valence-corrected chi connectivity index (χ3v) is 4.43. The van der Waals surface area contributed by atoms with Crippen molar-refractivity contribution < 1.29 is 13.2 Å². The first-order valence-electron chi connectivity index (χ1n) is 6.05. The summed E-state index contributed by atoms with van der Waals surface area (Å²) in [6.07, 6.45) is 0.628. The summed E-state index contributed by atoms with van der Waals surface area (Å²) in [4.78, 5) is 0. The second-order valence-corrected chi connectivity index (χ2v) is 6.41. The summed E-state index contributed by atoms with van der Waals surface area (Å²) in [6, 6.07) is 7.01. The zero-order chi connectivity index (χ0) is 14.3. The van der Waals surface area contributed by atoms with Crippen LogP contribution >= 0.6 is 0 Å². The van der Waals surface area contributed by atoms with Crippen molar-refractivity contribution >= 4 is 15.5 Å². The largest absolute Gasteiger partial charge is 0.495 e. The monoisotopic (exact) mass is 282 g/mol. The van der Waals surface area contributed by atoms with Crippen LogP contribution in [-0.2, 0) is 9.84 Å². The van der Waals surface area contributed by atoms with Gasteiger partial charge in [-0.25, -0.2) is 8.42 Å². The Balaban J connectivity index is 2.66. The molecular formula is C13H18N2O3S. The van der Waals surface area contributed by atoms with E-state index in [2.05, 4.69) is 5.32 Å². The van der Waals surface area contributed by atoms with Crippen LogP contribution in [0.3, 0.4) is 0 Å². The predicted molar refractivity (Wildman–Crippen MR) is 75.1 cm³/mol. The number of nitriles is 1. The lowest BCUT2D eigenvalue weighted by molar-refractivity contribution is 0.416. The molecular weight excluding hydrogens is 264 g/mol. The van der Waals surface area contributed by atoms with Crippen LogP contribution < -0.4 is 10.1 Å². The number of sulfone groups is 1. The number of methoxy groups -OCH3 is 1. The van der Waals surface area contributed by atoms with Gasteiger partial charge in [-0.3, -0.25) is 0 Å². The molecule has 1 aromatic carbocycles. The van der Waals surface area contributed by atoms with E-state index in [1.165, 1.54) is 7.11 Å². The normalized spacial score (nSPS) is 10.8. The van der Waals surface area contributed by atoms with E-state index in [1.54, 1.807) is 18.2 Å². The lowest BCUT2D eigenvalue weighted by Gasteiger charge is -2.11. The highest BCUT2D eigenvalue weighted by atomic mass is 32.2. The van der Waals surface area contributed by atoms with Crippen LogP contribution in [0.5, 0.6) is 5.75 Å². The Hall–Kier alpha value is -1.74. The van der Waals surface area contributed by atoms with Crippen molar-refractivity contribution in [1.82, 2.24) is 0 Å². The fourth-order valence-electron chi connectivity index (χ4n) is 1.66. The molecule has 5 nitrogen and oxygen atoms in total. The maximum Gasteiger partial charge on any atom is 0.152 e. The SMILES string of the molecule is CCCS(=O)(=O)CCNc1ccc(C#N)cc1OC. The Morgan fingerprint density at radius 2 is 2.11 bits per heavy atom. The molecule has 0 fully saturated rings. The van der Waals surface area contributed by atoms with Gasteiger partial charge in [-0.1, -0.05) is 6.92 Å². The molecule has 0 unspecified atom stereocenters. The number of benzene rings is 1. The molecule has 0 heterocycles.